The van der Waals surface area contributed by atoms with Crippen LogP contribution in [-0.4, -0.2) is 4.98 Å². The van der Waals surface area contributed by atoms with Crippen LogP contribution in [0.1, 0.15) is 52.0 Å². The molecule has 0 amide bonds. The zero-order chi connectivity index (χ0) is 16.7. The number of fused-ring (bicyclic) bond motifs is 1. The van der Waals surface area contributed by atoms with E-state index in [0.717, 1.165) is 0 Å². The third-order valence-electron chi connectivity index (χ3n) is 4.12. The third-order valence-corrected chi connectivity index (χ3v) is 4.12. The fourth-order valence-corrected chi connectivity index (χ4v) is 2.99. The first-order chi connectivity index (χ1) is 11.4. The molecule has 0 spiro atoms. The van der Waals surface area contributed by atoms with Gasteiger partial charge in [-0.25, -0.2) is 0 Å². The molecule has 1 aromatic heterocycles. The maximum absolute atomic E-state index is 3.62. The number of rotatable bonds is 2. The fourth-order valence-electron chi connectivity index (χ4n) is 2.99. The molecule has 3 aromatic rings. The molecular formula is C22H28NRu. The zero-order valence-corrected chi connectivity index (χ0v) is 16.9. The van der Waals surface area contributed by atoms with Gasteiger partial charge in [-0.2, -0.15) is 12.8 Å². The van der Waals surface area contributed by atoms with E-state index in [9.17, 15) is 0 Å². The summed E-state index contributed by atoms with van der Waals surface area (Å²) in [6.45, 7) is 8.00. The predicted molar refractivity (Wildman–Crippen MR) is 103 cm³/mol. The van der Waals surface area contributed by atoms with Crippen molar-refractivity contribution >= 4 is 10.9 Å². The maximum atomic E-state index is 3.62. The molecule has 0 aliphatic heterocycles. The summed E-state index contributed by atoms with van der Waals surface area (Å²) in [5.74, 6) is 0.686. The van der Waals surface area contributed by atoms with Gasteiger partial charge in [-0.3, -0.25) is 0 Å². The number of benzene rings is 2. The Hall–Kier alpha value is -1.40. The Balaban J connectivity index is 0.000000539. The van der Waals surface area contributed by atoms with Crippen LogP contribution in [0.5, 0.6) is 0 Å². The van der Waals surface area contributed by atoms with Crippen molar-refractivity contribution in [2.75, 3.05) is 0 Å². The Kier molecular flexibility index (Phi) is 9.00. The predicted octanol–water partition coefficient (Wildman–Crippen LogP) is 6.97. The molecule has 0 atom stereocenters. The van der Waals surface area contributed by atoms with Gasteiger partial charge >= 0.3 is 19.5 Å². The second kappa shape index (κ2) is 10.5. The fraction of sp³-hybridized carbons (Fsp3) is 0.318. The van der Waals surface area contributed by atoms with Crippen molar-refractivity contribution in [3.05, 3.63) is 66.6 Å². The summed E-state index contributed by atoms with van der Waals surface area (Å²) in [4.78, 5) is 3.62. The van der Waals surface area contributed by atoms with E-state index >= 15 is 0 Å². The van der Waals surface area contributed by atoms with Crippen LogP contribution in [0.15, 0.2) is 54.6 Å². The summed E-state index contributed by atoms with van der Waals surface area (Å²) in [5, 5.41) is 1.39. The van der Waals surface area contributed by atoms with Crippen LogP contribution in [0.25, 0.3) is 22.2 Å². The second-order valence-electron chi connectivity index (χ2n) is 5.28. The van der Waals surface area contributed by atoms with Crippen LogP contribution in [0.4, 0.5) is 0 Å². The molecule has 24 heavy (non-hydrogen) atoms. The molecule has 1 N–H and O–H groups in total. The van der Waals surface area contributed by atoms with Crippen LogP contribution in [0, 0.1) is 6.42 Å². The number of H-pyrrole nitrogens is 1. The third kappa shape index (κ3) is 4.16. The van der Waals surface area contributed by atoms with Gasteiger partial charge in [0.2, 0.25) is 0 Å². The van der Waals surface area contributed by atoms with Crippen molar-refractivity contribution in [1.29, 1.82) is 0 Å². The molecule has 1 nitrogen and oxygen atoms in total. The van der Waals surface area contributed by atoms with Gasteiger partial charge in [-0.15, -0.1) is 0 Å². The average Bonchev–Trinajstić information content (AvgIpc) is 2.97. The van der Waals surface area contributed by atoms with Gasteiger partial charge in [-0.1, -0.05) is 82.1 Å². The van der Waals surface area contributed by atoms with Crippen LogP contribution in [0.2, 0.25) is 0 Å². The number of hydrogen-bond donors (Lipinski definition) is 1. The van der Waals surface area contributed by atoms with Crippen LogP contribution >= 0.6 is 0 Å². The molecule has 2 heteroatoms. The molecule has 0 unspecified atom stereocenters. The Bertz CT molecular complexity index is 711. The summed E-state index contributed by atoms with van der Waals surface area (Å²) in [6.07, 6.45) is 4.80. The molecule has 1 fully saturated rings. The van der Waals surface area contributed by atoms with Crippen LogP contribution in [0.3, 0.4) is 0 Å². The topological polar surface area (TPSA) is 15.8 Å². The first-order valence-corrected chi connectivity index (χ1v) is 8.91. The van der Waals surface area contributed by atoms with Gasteiger partial charge in [0.25, 0.3) is 0 Å². The van der Waals surface area contributed by atoms with E-state index in [1.165, 1.54) is 40.6 Å². The van der Waals surface area contributed by atoms with Gasteiger partial charge in [0.05, 0.1) is 0 Å². The van der Waals surface area contributed by atoms with Gasteiger partial charge in [0.1, 0.15) is 0 Å². The zero-order valence-electron chi connectivity index (χ0n) is 15.1. The second-order valence-corrected chi connectivity index (χ2v) is 5.28. The largest absolute Gasteiger partial charge is 1.00 e. The summed E-state index contributed by atoms with van der Waals surface area (Å²) >= 11 is 0. The summed E-state index contributed by atoms with van der Waals surface area (Å²) in [5.41, 5.74) is 5.35. The van der Waals surface area contributed by atoms with E-state index in [1.54, 1.807) is 0 Å². The van der Waals surface area contributed by atoms with E-state index in [0.29, 0.717) is 5.92 Å². The molecule has 0 bridgehead atoms. The number of nitrogens with one attached hydrogen (secondary N) is 1. The minimum atomic E-state index is 0. The maximum Gasteiger partial charge on any atom is 1.00 e. The molecule has 4 rings (SSSR count). The first kappa shape index (κ1) is 20.6. The number of hydrogen-bond acceptors (Lipinski definition) is 0. The molecule has 1 aliphatic carbocycles. The molecule has 129 valence electrons. The van der Waals surface area contributed by atoms with Gasteiger partial charge in [-0.05, 0) is 17.2 Å². The Morgan fingerprint density at radius 2 is 1.42 bits per heavy atom. The molecule has 1 aliphatic rings. The molecule has 2 aromatic carbocycles. The number of aromatic amines is 1. The monoisotopic (exact) mass is 408 g/mol. The van der Waals surface area contributed by atoms with E-state index in [-0.39, 0.29) is 19.5 Å². The minimum absolute atomic E-state index is 0. The molecule has 1 radical (unpaired) electrons. The quantitative estimate of drug-likeness (QED) is 0.349. The Morgan fingerprint density at radius 3 is 2.00 bits per heavy atom. The summed E-state index contributed by atoms with van der Waals surface area (Å²) in [6, 6.07) is 19.3. The first-order valence-electron chi connectivity index (χ1n) is 8.91. The van der Waals surface area contributed by atoms with Crippen LogP contribution < -0.4 is 0 Å². The van der Waals surface area contributed by atoms with Crippen molar-refractivity contribution < 1.29 is 19.5 Å². The van der Waals surface area contributed by atoms with Crippen molar-refractivity contribution in [1.82, 2.24) is 4.98 Å². The van der Waals surface area contributed by atoms with Crippen molar-refractivity contribution in [3.63, 3.8) is 0 Å². The number of aromatic nitrogens is 1. The number of para-hydroxylation sites is 1. The van der Waals surface area contributed by atoms with Crippen molar-refractivity contribution in [2.24, 2.45) is 0 Å². The Morgan fingerprint density at radius 1 is 0.833 bits per heavy atom. The Labute approximate surface area is 159 Å². The minimum Gasteiger partial charge on any atom is -0.354 e. The van der Waals surface area contributed by atoms with E-state index < -0.39 is 0 Å². The molecular weight excluding hydrogens is 379 g/mol. The van der Waals surface area contributed by atoms with E-state index in [1.807, 2.05) is 27.7 Å². The molecule has 1 saturated carbocycles. The molecule has 1 heterocycles. The van der Waals surface area contributed by atoms with Gasteiger partial charge in [0, 0.05) is 16.6 Å². The van der Waals surface area contributed by atoms with Crippen molar-refractivity contribution in [3.8, 4) is 11.3 Å². The average molecular weight is 408 g/mol. The standard InChI is InChI=1S/C18H16N.2C2H6.Ru/c1-2-7-14(8-3-1)18-17(13-9-6-10-13)15-11-4-5-12-16(15)19-18;2*1-2;/h1-8,11-13,19H,9-10H2;2*1-2H3;/q-1;;;+1. The van der Waals surface area contributed by atoms with Crippen LogP contribution in [-0.2, 0) is 19.5 Å². The molecule has 0 saturated heterocycles. The van der Waals surface area contributed by atoms with Gasteiger partial charge in [0.15, 0.2) is 0 Å². The summed E-state index contributed by atoms with van der Waals surface area (Å²) in [7, 11) is 0. The summed E-state index contributed by atoms with van der Waals surface area (Å²) < 4.78 is 0. The smallest absolute Gasteiger partial charge is 0.354 e. The van der Waals surface area contributed by atoms with E-state index in [2.05, 4.69) is 66.0 Å². The SMILES string of the molecule is CC.CC.[Ru+].c1ccc(-c2[nH]c3ccccc3c2C2C[CH-]C2)cc1. The van der Waals surface area contributed by atoms with E-state index in [4.69, 9.17) is 0 Å². The normalized spacial score (nSPS) is 12.8. The van der Waals surface area contributed by atoms with Crippen molar-refractivity contribution in [2.45, 2.75) is 46.5 Å². The van der Waals surface area contributed by atoms with Gasteiger partial charge < -0.3 is 11.4 Å².